The van der Waals surface area contributed by atoms with Crippen LogP contribution in [0.15, 0.2) is 91.1 Å². The van der Waals surface area contributed by atoms with Crippen LogP contribution in [0.4, 0.5) is 0 Å². The molecule has 0 saturated heterocycles. The summed E-state index contributed by atoms with van der Waals surface area (Å²) < 4.78 is 16.4. The maximum absolute atomic E-state index is 12.4. The fraction of sp³-hybridized carbons (Fsp3) is 0.229. The Morgan fingerprint density at radius 3 is 1.95 bits per heavy atom. The molecule has 0 spiro atoms. The number of aryl methyl sites for hydroxylation is 1. The largest absolute Gasteiger partial charge is 0.462 e. The van der Waals surface area contributed by atoms with Crippen molar-refractivity contribution in [2.24, 2.45) is 5.92 Å². The van der Waals surface area contributed by atoms with Crippen molar-refractivity contribution in [1.29, 1.82) is 0 Å². The van der Waals surface area contributed by atoms with Gasteiger partial charge in [-0.25, -0.2) is 14.4 Å². The molecule has 4 rings (SSSR count). The number of hydrogen-bond donors (Lipinski definition) is 0. The molecular weight excluding hydrogens is 516 g/mol. The lowest BCUT2D eigenvalue weighted by Crippen LogP contribution is -2.14. The number of hydrogen-bond acceptors (Lipinski definition) is 6. The molecule has 0 radical (unpaired) electrons. The number of carbonyl (C=O) groups excluding carboxylic acids is 3. The van der Waals surface area contributed by atoms with Crippen LogP contribution in [0.1, 0.15) is 37.5 Å². The summed E-state index contributed by atoms with van der Waals surface area (Å²) in [5.41, 5.74) is 8.12. The topological polar surface area (TPSA) is 78.9 Å². The van der Waals surface area contributed by atoms with Gasteiger partial charge >= 0.3 is 17.9 Å². The number of fused-ring (bicyclic) bond motifs is 1. The van der Waals surface area contributed by atoms with Crippen LogP contribution in [0, 0.1) is 12.8 Å². The molecule has 0 N–H and O–H groups in total. The Morgan fingerprint density at radius 1 is 0.707 bits per heavy atom. The van der Waals surface area contributed by atoms with Gasteiger partial charge in [-0.15, -0.1) is 0 Å². The third-order valence-corrected chi connectivity index (χ3v) is 6.94. The maximum atomic E-state index is 12.4. The van der Waals surface area contributed by atoms with Gasteiger partial charge in [0.25, 0.3) is 0 Å². The van der Waals surface area contributed by atoms with E-state index in [1.54, 1.807) is 32.9 Å². The van der Waals surface area contributed by atoms with E-state index >= 15 is 0 Å². The summed E-state index contributed by atoms with van der Waals surface area (Å²) in [6.45, 7) is 18.1. The summed E-state index contributed by atoms with van der Waals surface area (Å²) in [6.07, 6.45) is 1.73. The fourth-order valence-electron chi connectivity index (χ4n) is 4.72. The van der Waals surface area contributed by atoms with E-state index in [1.807, 2.05) is 19.1 Å². The minimum Gasteiger partial charge on any atom is -0.462 e. The summed E-state index contributed by atoms with van der Waals surface area (Å²) in [6, 6.07) is 17.5. The standard InChI is InChI=1S/C35H34O6/c1-20(2)33(36)39-19-24-15-26-8-9-27(17-28(26)16-24)25-10-12-30(23(7)14-25)31-13-11-29(40-34(37)21(3)4)18-32(31)41-35(38)22(5)6/h8-14,17-18,24H,1,3,5,15-16,19H2,2,4,6-7H3. The van der Waals surface area contributed by atoms with Crippen molar-refractivity contribution in [2.45, 2.75) is 40.5 Å². The zero-order chi connectivity index (χ0) is 29.8. The van der Waals surface area contributed by atoms with Crippen LogP contribution in [0.2, 0.25) is 0 Å². The molecule has 0 aliphatic heterocycles. The van der Waals surface area contributed by atoms with Crippen LogP contribution in [0.5, 0.6) is 11.5 Å². The van der Waals surface area contributed by atoms with Crippen molar-refractivity contribution in [3.05, 3.63) is 108 Å². The molecular formula is C35H34O6. The van der Waals surface area contributed by atoms with Crippen molar-refractivity contribution in [3.8, 4) is 33.8 Å². The van der Waals surface area contributed by atoms with Gasteiger partial charge in [0.2, 0.25) is 0 Å². The van der Waals surface area contributed by atoms with Crippen molar-refractivity contribution in [2.75, 3.05) is 6.61 Å². The van der Waals surface area contributed by atoms with E-state index in [0.29, 0.717) is 17.7 Å². The van der Waals surface area contributed by atoms with Crippen LogP contribution in [0.25, 0.3) is 22.3 Å². The molecule has 0 amide bonds. The van der Waals surface area contributed by atoms with Crippen molar-refractivity contribution in [3.63, 3.8) is 0 Å². The lowest BCUT2D eigenvalue weighted by Gasteiger charge is -2.15. The van der Waals surface area contributed by atoms with Crippen LogP contribution in [-0.2, 0) is 32.0 Å². The SMILES string of the molecule is C=C(C)C(=O)OCC1Cc2ccc(-c3ccc(-c4ccc(OC(=O)C(=C)C)cc4OC(=O)C(=C)C)c(C)c3)cc2C1. The van der Waals surface area contributed by atoms with Crippen LogP contribution >= 0.6 is 0 Å². The quantitative estimate of drug-likeness (QED) is 0.160. The third kappa shape index (κ3) is 6.90. The highest BCUT2D eigenvalue weighted by Crippen LogP contribution is 2.38. The molecule has 1 unspecified atom stereocenters. The molecule has 6 heteroatoms. The second-order valence-electron chi connectivity index (χ2n) is 10.7. The van der Waals surface area contributed by atoms with Gasteiger partial charge in [0.15, 0.2) is 0 Å². The summed E-state index contributed by atoms with van der Waals surface area (Å²) in [5, 5.41) is 0. The molecule has 1 atom stereocenters. The lowest BCUT2D eigenvalue weighted by atomic mass is 9.94. The summed E-state index contributed by atoms with van der Waals surface area (Å²) in [7, 11) is 0. The first-order valence-corrected chi connectivity index (χ1v) is 13.4. The second-order valence-corrected chi connectivity index (χ2v) is 10.7. The highest BCUT2D eigenvalue weighted by molar-refractivity contribution is 5.91. The number of rotatable bonds is 9. The van der Waals surface area contributed by atoms with E-state index in [4.69, 9.17) is 14.2 Å². The Kier molecular flexibility index (Phi) is 8.72. The predicted molar refractivity (Wildman–Crippen MR) is 160 cm³/mol. The van der Waals surface area contributed by atoms with Gasteiger partial charge < -0.3 is 14.2 Å². The molecule has 3 aromatic rings. The zero-order valence-electron chi connectivity index (χ0n) is 24.0. The van der Waals surface area contributed by atoms with Crippen molar-refractivity contribution in [1.82, 2.24) is 0 Å². The summed E-state index contributed by atoms with van der Waals surface area (Å²) in [4.78, 5) is 36.2. The third-order valence-electron chi connectivity index (χ3n) is 6.94. The molecule has 1 aliphatic rings. The second kappa shape index (κ2) is 12.2. The average Bonchev–Trinajstić information content (AvgIpc) is 3.34. The Labute approximate surface area is 241 Å². The van der Waals surface area contributed by atoms with Gasteiger partial charge in [0, 0.05) is 34.3 Å². The molecule has 0 heterocycles. The minimum absolute atomic E-state index is 0.242. The van der Waals surface area contributed by atoms with Crippen LogP contribution in [-0.4, -0.2) is 24.5 Å². The van der Waals surface area contributed by atoms with Crippen LogP contribution in [0.3, 0.4) is 0 Å². The van der Waals surface area contributed by atoms with Gasteiger partial charge in [0.1, 0.15) is 11.5 Å². The summed E-state index contributed by atoms with van der Waals surface area (Å²) in [5.74, 6) is -0.732. The fourth-order valence-corrected chi connectivity index (χ4v) is 4.72. The Balaban J connectivity index is 1.59. The van der Waals surface area contributed by atoms with Gasteiger partial charge in [-0.3, -0.25) is 0 Å². The zero-order valence-corrected chi connectivity index (χ0v) is 24.0. The first-order valence-electron chi connectivity index (χ1n) is 13.4. The molecule has 1 aliphatic carbocycles. The minimum atomic E-state index is -0.574. The molecule has 0 fully saturated rings. The van der Waals surface area contributed by atoms with Crippen LogP contribution < -0.4 is 9.47 Å². The van der Waals surface area contributed by atoms with E-state index in [9.17, 15) is 14.4 Å². The van der Waals surface area contributed by atoms with E-state index in [0.717, 1.165) is 35.1 Å². The molecule has 210 valence electrons. The number of ether oxygens (including phenoxy) is 3. The van der Waals surface area contributed by atoms with E-state index in [2.05, 4.69) is 44.0 Å². The smallest absolute Gasteiger partial charge is 0.338 e. The first-order chi connectivity index (χ1) is 19.4. The molecule has 0 bridgehead atoms. The normalized spacial score (nSPS) is 13.6. The number of esters is 3. The Morgan fingerprint density at radius 2 is 1.29 bits per heavy atom. The Bertz CT molecular complexity index is 1590. The van der Waals surface area contributed by atoms with Gasteiger partial charge in [0.05, 0.1) is 6.61 Å². The number of carbonyl (C=O) groups is 3. The summed E-state index contributed by atoms with van der Waals surface area (Å²) >= 11 is 0. The van der Waals surface area contributed by atoms with E-state index < -0.39 is 11.9 Å². The van der Waals surface area contributed by atoms with Gasteiger partial charge in [-0.1, -0.05) is 56.1 Å². The molecule has 6 nitrogen and oxygen atoms in total. The van der Waals surface area contributed by atoms with E-state index in [1.165, 1.54) is 17.2 Å². The number of benzene rings is 3. The maximum Gasteiger partial charge on any atom is 0.338 e. The van der Waals surface area contributed by atoms with Crippen molar-refractivity contribution < 1.29 is 28.6 Å². The monoisotopic (exact) mass is 550 g/mol. The molecule has 0 saturated carbocycles. The molecule has 0 aromatic heterocycles. The first kappa shape index (κ1) is 29.3. The van der Waals surface area contributed by atoms with Gasteiger partial charge in [-0.05, 0) is 86.1 Å². The molecule has 41 heavy (non-hydrogen) atoms. The Hall–Kier alpha value is -4.71. The predicted octanol–water partition coefficient (Wildman–Crippen LogP) is 7.13. The van der Waals surface area contributed by atoms with E-state index in [-0.39, 0.29) is 34.5 Å². The van der Waals surface area contributed by atoms with Crippen molar-refractivity contribution >= 4 is 17.9 Å². The van der Waals surface area contributed by atoms with Gasteiger partial charge in [-0.2, -0.15) is 0 Å². The highest BCUT2D eigenvalue weighted by atomic mass is 16.5. The average molecular weight is 551 g/mol. The highest BCUT2D eigenvalue weighted by Gasteiger charge is 2.24. The molecule has 3 aromatic carbocycles. The lowest BCUT2D eigenvalue weighted by molar-refractivity contribution is -0.140.